The zero-order chi connectivity index (χ0) is 20.5. The summed E-state index contributed by atoms with van der Waals surface area (Å²) in [7, 11) is 1.55. The van der Waals surface area contributed by atoms with Crippen molar-refractivity contribution in [1.82, 2.24) is 0 Å². The van der Waals surface area contributed by atoms with Crippen molar-refractivity contribution in [2.75, 3.05) is 13.7 Å². The first-order chi connectivity index (χ1) is 14.0. The van der Waals surface area contributed by atoms with Crippen LogP contribution in [0.3, 0.4) is 0 Å². The van der Waals surface area contributed by atoms with Crippen LogP contribution in [0.25, 0.3) is 22.3 Å². The van der Waals surface area contributed by atoms with Crippen LogP contribution in [0, 0.1) is 11.8 Å². The zero-order valence-electron chi connectivity index (χ0n) is 15.7. The number of aliphatic carboxylic acids is 1. The van der Waals surface area contributed by atoms with Crippen molar-refractivity contribution in [2.24, 2.45) is 11.8 Å². The summed E-state index contributed by atoms with van der Waals surface area (Å²) in [4.78, 5) is 23.5. The lowest BCUT2D eigenvalue weighted by Crippen LogP contribution is -2.33. The van der Waals surface area contributed by atoms with E-state index in [9.17, 15) is 9.59 Å². The highest BCUT2D eigenvalue weighted by atomic mass is 35.5. The number of methoxy groups -OCH3 is 1. The summed E-state index contributed by atoms with van der Waals surface area (Å²) in [5.74, 6) is 0.564. The van der Waals surface area contributed by atoms with Gasteiger partial charge < -0.3 is 19.0 Å². The van der Waals surface area contributed by atoms with E-state index in [0.717, 1.165) is 0 Å². The van der Waals surface area contributed by atoms with Gasteiger partial charge in [-0.25, -0.2) is 0 Å². The van der Waals surface area contributed by atoms with Crippen LogP contribution in [0.4, 0.5) is 0 Å². The van der Waals surface area contributed by atoms with Crippen LogP contribution in [-0.2, 0) is 4.79 Å². The molecule has 150 valence electrons. The molecule has 0 saturated heterocycles. The number of carbonyl (C=O) groups is 1. The minimum absolute atomic E-state index is 0.184. The first-order valence-electron chi connectivity index (χ1n) is 9.22. The maximum absolute atomic E-state index is 12.6. The Morgan fingerprint density at radius 3 is 2.76 bits per heavy atom. The molecule has 0 aliphatic heterocycles. The predicted molar refractivity (Wildman–Crippen MR) is 109 cm³/mol. The van der Waals surface area contributed by atoms with Crippen molar-refractivity contribution < 1.29 is 23.8 Å². The number of para-hydroxylation sites is 1. The van der Waals surface area contributed by atoms with Gasteiger partial charge in [0.15, 0.2) is 11.0 Å². The number of benzene rings is 2. The number of hydrogen-bond donors (Lipinski definition) is 1. The molecule has 0 atom stereocenters. The molecule has 3 aromatic rings. The van der Waals surface area contributed by atoms with E-state index in [1.807, 2.05) is 0 Å². The van der Waals surface area contributed by atoms with Crippen molar-refractivity contribution in [3.8, 4) is 22.8 Å². The van der Waals surface area contributed by atoms with Gasteiger partial charge in [-0.05, 0) is 49.1 Å². The van der Waals surface area contributed by atoms with E-state index in [1.165, 1.54) is 6.07 Å². The van der Waals surface area contributed by atoms with E-state index in [1.54, 1.807) is 43.5 Å². The van der Waals surface area contributed by atoms with E-state index in [4.69, 9.17) is 30.6 Å². The predicted octanol–water partition coefficient (Wildman–Crippen LogP) is 4.61. The fourth-order valence-electron chi connectivity index (χ4n) is 3.51. The molecule has 0 bridgehead atoms. The summed E-state index contributed by atoms with van der Waals surface area (Å²) in [5.41, 5.74) is 0.673. The number of carboxylic acid groups (broad SMARTS) is 1. The smallest absolute Gasteiger partial charge is 0.306 e. The molecular weight excluding hydrogens is 396 g/mol. The van der Waals surface area contributed by atoms with Crippen LogP contribution >= 0.6 is 11.6 Å². The fraction of sp³-hybridized carbons (Fsp3) is 0.273. The molecule has 0 radical (unpaired) electrons. The average molecular weight is 415 g/mol. The molecule has 1 saturated carbocycles. The summed E-state index contributed by atoms with van der Waals surface area (Å²) in [6.45, 7) is 0.391. The minimum Gasteiger partial charge on any atom is -0.497 e. The number of hydrogen-bond acceptors (Lipinski definition) is 5. The van der Waals surface area contributed by atoms with Gasteiger partial charge >= 0.3 is 5.97 Å². The van der Waals surface area contributed by atoms with Crippen molar-refractivity contribution >= 4 is 28.5 Å². The second kappa shape index (κ2) is 7.79. The van der Waals surface area contributed by atoms with Crippen molar-refractivity contribution in [3.05, 3.63) is 57.7 Å². The summed E-state index contributed by atoms with van der Waals surface area (Å²) in [6.07, 6.45) is 1.20. The topological polar surface area (TPSA) is 86.0 Å². The molecule has 0 spiro atoms. The summed E-state index contributed by atoms with van der Waals surface area (Å²) >= 11 is 6.22. The van der Waals surface area contributed by atoms with Crippen molar-refractivity contribution in [1.29, 1.82) is 0 Å². The van der Waals surface area contributed by atoms with E-state index in [2.05, 4.69) is 0 Å². The first kappa shape index (κ1) is 19.3. The molecule has 1 heterocycles. The van der Waals surface area contributed by atoms with Crippen LogP contribution in [-0.4, -0.2) is 24.8 Å². The van der Waals surface area contributed by atoms with Crippen LogP contribution in [0.15, 0.2) is 51.7 Å². The third kappa shape index (κ3) is 3.80. The average Bonchev–Trinajstić information content (AvgIpc) is 2.67. The number of carboxylic acids is 1. The minimum atomic E-state index is -0.763. The third-order valence-electron chi connectivity index (χ3n) is 5.22. The fourth-order valence-corrected chi connectivity index (χ4v) is 3.72. The maximum Gasteiger partial charge on any atom is 0.306 e. The van der Waals surface area contributed by atoms with Crippen LogP contribution in [0.5, 0.6) is 11.5 Å². The van der Waals surface area contributed by atoms with Gasteiger partial charge in [0.1, 0.15) is 17.3 Å². The highest BCUT2D eigenvalue weighted by Gasteiger charge is 2.34. The lowest BCUT2D eigenvalue weighted by atomic mass is 9.75. The Labute approximate surface area is 171 Å². The van der Waals surface area contributed by atoms with Crippen molar-refractivity contribution in [3.63, 3.8) is 0 Å². The molecule has 1 aromatic heterocycles. The molecule has 1 N–H and O–H groups in total. The largest absolute Gasteiger partial charge is 0.497 e. The zero-order valence-corrected chi connectivity index (χ0v) is 16.4. The first-order valence-corrected chi connectivity index (χ1v) is 9.60. The Kier molecular flexibility index (Phi) is 5.20. The second-order valence-corrected chi connectivity index (χ2v) is 7.54. The SMILES string of the molecule is COc1ccc(OC[C@H]2C[C@H](C(=O)O)C2)c(-c2cc(=O)c3cccc(Cl)c3o2)c1. The molecule has 1 aliphatic carbocycles. The normalized spacial score (nSPS) is 18.3. The Morgan fingerprint density at radius 1 is 1.24 bits per heavy atom. The van der Waals surface area contributed by atoms with E-state index < -0.39 is 5.97 Å². The van der Waals surface area contributed by atoms with Gasteiger partial charge in [0.2, 0.25) is 0 Å². The highest BCUT2D eigenvalue weighted by molar-refractivity contribution is 6.34. The lowest BCUT2D eigenvalue weighted by Gasteiger charge is -2.32. The Bertz CT molecular complexity index is 1130. The molecular formula is C22H19ClO6. The summed E-state index contributed by atoms with van der Waals surface area (Å²) < 4.78 is 17.2. The summed E-state index contributed by atoms with van der Waals surface area (Å²) in [5, 5.41) is 9.77. The number of halogens is 1. The van der Waals surface area contributed by atoms with Gasteiger partial charge in [-0.3, -0.25) is 9.59 Å². The van der Waals surface area contributed by atoms with Crippen LogP contribution in [0.2, 0.25) is 5.02 Å². The monoisotopic (exact) mass is 414 g/mol. The van der Waals surface area contributed by atoms with Gasteiger partial charge in [-0.1, -0.05) is 17.7 Å². The Hall–Kier alpha value is -2.99. The molecule has 7 heteroatoms. The van der Waals surface area contributed by atoms with Crippen molar-refractivity contribution in [2.45, 2.75) is 12.8 Å². The van der Waals surface area contributed by atoms with E-state index >= 15 is 0 Å². The molecule has 4 rings (SSSR count). The molecule has 6 nitrogen and oxygen atoms in total. The molecule has 29 heavy (non-hydrogen) atoms. The quantitative estimate of drug-likeness (QED) is 0.633. The number of fused-ring (bicyclic) bond motifs is 1. The van der Waals surface area contributed by atoms with Crippen LogP contribution < -0.4 is 14.9 Å². The van der Waals surface area contributed by atoms with Gasteiger partial charge in [-0.2, -0.15) is 0 Å². The number of ether oxygens (including phenoxy) is 2. The lowest BCUT2D eigenvalue weighted by molar-refractivity contribution is -0.146. The van der Waals surface area contributed by atoms with E-state index in [0.29, 0.717) is 58.3 Å². The van der Waals surface area contributed by atoms with Gasteiger partial charge in [0.25, 0.3) is 0 Å². The van der Waals surface area contributed by atoms with Gasteiger partial charge in [0, 0.05) is 6.07 Å². The molecule has 1 fully saturated rings. The molecule has 1 aliphatic rings. The highest BCUT2D eigenvalue weighted by Crippen LogP contribution is 2.38. The standard InChI is InChI=1S/C22H19ClO6/c1-27-14-5-6-19(28-11-12-7-13(8-12)22(25)26)16(9-14)20-10-18(24)15-3-2-4-17(23)21(15)29-20/h2-6,9-10,12-13H,7-8,11H2,1H3,(H,25,26)/t12-,13-. The molecule has 2 aromatic carbocycles. The maximum atomic E-state index is 12.6. The third-order valence-corrected chi connectivity index (χ3v) is 5.52. The molecule has 0 amide bonds. The van der Waals surface area contributed by atoms with E-state index in [-0.39, 0.29) is 17.3 Å². The van der Waals surface area contributed by atoms with Gasteiger partial charge in [0.05, 0.1) is 35.6 Å². The Balaban J connectivity index is 1.67. The van der Waals surface area contributed by atoms with Crippen LogP contribution in [0.1, 0.15) is 12.8 Å². The Morgan fingerprint density at radius 2 is 2.03 bits per heavy atom. The molecule has 0 unspecified atom stereocenters. The second-order valence-electron chi connectivity index (χ2n) is 7.14. The summed E-state index contributed by atoms with van der Waals surface area (Å²) in [6, 6.07) is 11.7. The van der Waals surface area contributed by atoms with Gasteiger partial charge in [-0.15, -0.1) is 0 Å². The number of rotatable bonds is 6.